The van der Waals surface area contributed by atoms with Gasteiger partial charge in [-0.2, -0.15) is 0 Å². The molecule has 1 aliphatic heterocycles. The quantitative estimate of drug-likeness (QED) is 0.633. The van der Waals surface area contributed by atoms with Crippen molar-refractivity contribution in [3.05, 3.63) is 15.6 Å². The van der Waals surface area contributed by atoms with Crippen LogP contribution in [-0.4, -0.2) is 47.8 Å². The van der Waals surface area contributed by atoms with E-state index in [0.29, 0.717) is 0 Å². The average Bonchev–Trinajstić information content (AvgIpc) is 2.75. The maximum absolute atomic E-state index is 5.83. The second-order valence-corrected chi connectivity index (χ2v) is 7.21. The molecule has 3 N–H and O–H groups in total. The molecule has 2 heterocycles. The summed E-state index contributed by atoms with van der Waals surface area (Å²) in [6.45, 7) is 12.2. The second-order valence-electron chi connectivity index (χ2n) is 5.93. The Labute approximate surface area is 125 Å². The normalized spacial score (nSPS) is 19.2. The van der Waals surface area contributed by atoms with Crippen LogP contribution >= 0.6 is 11.3 Å². The lowest BCUT2D eigenvalue weighted by Gasteiger charge is -2.45. The van der Waals surface area contributed by atoms with Crippen LogP contribution in [0.25, 0.3) is 0 Å². The fraction of sp³-hybridized carbons (Fsp3) is 0.786. The summed E-state index contributed by atoms with van der Waals surface area (Å²) in [7, 11) is 0. The first-order valence-corrected chi connectivity index (χ1v) is 7.98. The number of aromatic nitrogens is 1. The van der Waals surface area contributed by atoms with E-state index in [1.54, 1.807) is 11.3 Å². The Hall–Kier alpha value is -0.530. The molecule has 1 atom stereocenters. The Morgan fingerprint density at radius 2 is 2.05 bits per heavy atom. The van der Waals surface area contributed by atoms with Gasteiger partial charge in [0.05, 0.1) is 23.9 Å². The fourth-order valence-corrected chi connectivity index (χ4v) is 3.65. The summed E-state index contributed by atoms with van der Waals surface area (Å²) >= 11 is 1.77. The predicted octanol–water partition coefficient (Wildman–Crippen LogP) is 1.25. The van der Waals surface area contributed by atoms with E-state index in [9.17, 15) is 0 Å². The van der Waals surface area contributed by atoms with Gasteiger partial charge >= 0.3 is 0 Å². The van der Waals surface area contributed by atoms with Crippen molar-refractivity contribution in [2.75, 3.05) is 26.3 Å². The predicted molar refractivity (Wildman–Crippen MR) is 82.9 cm³/mol. The number of ether oxygens (including phenoxy) is 1. The number of hydrogen-bond acceptors (Lipinski definition) is 6. The Morgan fingerprint density at radius 1 is 1.40 bits per heavy atom. The van der Waals surface area contributed by atoms with E-state index < -0.39 is 0 Å². The molecule has 0 aliphatic carbocycles. The summed E-state index contributed by atoms with van der Waals surface area (Å²) in [6.07, 6.45) is 0.861. The van der Waals surface area contributed by atoms with Crippen molar-refractivity contribution < 1.29 is 4.74 Å². The molecule has 0 radical (unpaired) electrons. The molecule has 2 rings (SSSR count). The molecule has 1 saturated heterocycles. The highest BCUT2D eigenvalue weighted by molar-refractivity contribution is 7.11. The van der Waals surface area contributed by atoms with E-state index in [-0.39, 0.29) is 11.6 Å². The van der Waals surface area contributed by atoms with Gasteiger partial charge in [-0.05, 0) is 27.7 Å². The van der Waals surface area contributed by atoms with Crippen LogP contribution in [0.4, 0.5) is 0 Å². The molecule has 6 heteroatoms. The number of thiazole rings is 1. The Bertz CT molecular complexity index is 421. The van der Waals surface area contributed by atoms with Crippen molar-refractivity contribution >= 4 is 11.3 Å². The smallest absolute Gasteiger partial charge is 0.0947 e. The van der Waals surface area contributed by atoms with Gasteiger partial charge in [0, 0.05) is 36.0 Å². The summed E-state index contributed by atoms with van der Waals surface area (Å²) in [5, 5.41) is 1.16. The third-order valence-corrected chi connectivity index (χ3v) is 5.43. The minimum Gasteiger partial charge on any atom is -0.379 e. The van der Waals surface area contributed by atoms with Crippen molar-refractivity contribution in [3.8, 4) is 0 Å². The zero-order chi connectivity index (χ0) is 14.8. The molecule has 20 heavy (non-hydrogen) atoms. The summed E-state index contributed by atoms with van der Waals surface area (Å²) in [5.74, 6) is 5.83. The maximum Gasteiger partial charge on any atom is 0.0947 e. The second kappa shape index (κ2) is 6.49. The number of hydrogen-bond donors (Lipinski definition) is 2. The minimum absolute atomic E-state index is 0.0218. The third-order valence-electron chi connectivity index (χ3n) is 4.33. The van der Waals surface area contributed by atoms with E-state index >= 15 is 0 Å². The first-order valence-electron chi connectivity index (χ1n) is 7.17. The van der Waals surface area contributed by atoms with Crippen molar-refractivity contribution in [1.29, 1.82) is 0 Å². The standard InChI is InChI=1S/C14H26N4OS/c1-10-11(2)20-13(16-10)9-12(17-15)14(3,4)18-5-7-19-8-6-18/h12,17H,5-9,15H2,1-4H3. The van der Waals surface area contributed by atoms with Crippen LogP contribution in [0, 0.1) is 13.8 Å². The van der Waals surface area contributed by atoms with Crippen LogP contribution in [0.15, 0.2) is 0 Å². The number of nitrogens with two attached hydrogens (primary N) is 1. The van der Waals surface area contributed by atoms with E-state index in [1.165, 1.54) is 4.88 Å². The zero-order valence-electron chi connectivity index (χ0n) is 12.9. The highest BCUT2D eigenvalue weighted by atomic mass is 32.1. The molecule has 5 nitrogen and oxygen atoms in total. The van der Waals surface area contributed by atoms with Gasteiger partial charge in [-0.25, -0.2) is 4.98 Å². The summed E-state index contributed by atoms with van der Waals surface area (Å²) in [6, 6.07) is 0.172. The minimum atomic E-state index is -0.0218. The number of morpholine rings is 1. The van der Waals surface area contributed by atoms with Gasteiger partial charge in [0.25, 0.3) is 0 Å². The van der Waals surface area contributed by atoms with Gasteiger partial charge in [0.15, 0.2) is 0 Å². The zero-order valence-corrected chi connectivity index (χ0v) is 13.7. The van der Waals surface area contributed by atoms with Crippen molar-refractivity contribution in [2.24, 2.45) is 5.84 Å². The first-order chi connectivity index (χ1) is 9.45. The van der Waals surface area contributed by atoms with Crippen LogP contribution in [0.3, 0.4) is 0 Å². The Kier molecular flexibility index (Phi) is 5.14. The van der Waals surface area contributed by atoms with Gasteiger partial charge in [-0.3, -0.25) is 16.2 Å². The number of nitrogens with zero attached hydrogens (tertiary/aromatic N) is 2. The molecule has 1 aromatic rings. The highest BCUT2D eigenvalue weighted by Gasteiger charge is 2.36. The van der Waals surface area contributed by atoms with Crippen molar-refractivity contribution in [3.63, 3.8) is 0 Å². The van der Waals surface area contributed by atoms with Gasteiger partial charge in [-0.15, -0.1) is 11.3 Å². The summed E-state index contributed by atoms with van der Waals surface area (Å²) in [4.78, 5) is 8.38. The number of aryl methyl sites for hydroxylation is 2. The molecule has 1 aliphatic rings. The third kappa shape index (κ3) is 3.38. The number of rotatable bonds is 5. The van der Waals surface area contributed by atoms with E-state index in [1.807, 2.05) is 0 Å². The molecule has 1 unspecified atom stereocenters. The SMILES string of the molecule is Cc1nc(CC(NN)C(C)(C)N2CCOCC2)sc1C. The number of hydrazine groups is 1. The summed E-state index contributed by atoms with van der Waals surface area (Å²) < 4.78 is 5.44. The highest BCUT2D eigenvalue weighted by Crippen LogP contribution is 2.25. The monoisotopic (exact) mass is 298 g/mol. The molecule has 114 valence electrons. The molecular formula is C14H26N4OS. The lowest BCUT2D eigenvalue weighted by atomic mass is 9.90. The van der Waals surface area contributed by atoms with Crippen LogP contribution in [0.5, 0.6) is 0 Å². The molecule has 0 amide bonds. The van der Waals surface area contributed by atoms with Crippen LogP contribution in [0.2, 0.25) is 0 Å². The molecule has 0 saturated carbocycles. The number of nitrogens with one attached hydrogen (secondary N) is 1. The van der Waals surface area contributed by atoms with Gasteiger partial charge in [0.2, 0.25) is 0 Å². The van der Waals surface area contributed by atoms with Crippen LogP contribution < -0.4 is 11.3 Å². The molecule has 0 bridgehead atoms. The lowest BCUT2D eigenvalue weighted by Crippen LogP contribution is -2.62. The van der Waals surface area contributed by atoms with Crippen molar-refractivity contribution in [1.82, 2.24) is 15.3 Å². The molecular weight excluding hydrogens is 272 g/mol. The molecule has 1 aromatic heterocycles. The largest absolute Gasteiger partial charge is 0.379 e. The van der Waals surface area contributed by atoms with Gasteiger partial charge in [-0.1, -0.05) is 0 Å². The Balaban J connectivity index is 2.09. The fourth-order valence-electron chi connectivity index (χ4n) is 2.67. The summed E-state index contributed by atoms with van der Waals surface area (Å²) in [5.41, 5.74) is 4.11. The maximum atomic E-state index is 5.83. The van der Waals surface area contributed by atoms with Crippen molar-refractivity contribution in [2.45, 2.75) is 45.7 Å². The lowest BCUT2D eigenvalue weighted by molar-refractivity contribution is -0.0233. The van der Waals surface area contributed by atoms with E-state index in [2.05, 4.69) is 43.0 Å². The molecule has 1 fully saturated rings. The van der Waals surface area contributed by atoms with E-state index in [0.717, 1.165) is 43.4 Å². The molecule has 0 aromatic carbocycles. The average molecular weight is 298 g/mol. The van der Waals surface area contributed by atoms with E-state index in [4.69, 9.17) is 10.6 Å². The van der Waals surface area contributed by atoms with Gasteiger partial charge < -0.3 is 4.74 Å². The van der Waals surface area contributed by atoms with Gasteiger partial charge in [0.1, 0.15) is 0 Å². The van der Waals surface area contributed by atoms with Crippen LogP contribution in [-0.2, 0) is 11.2 Å². The Morgan fingerprint density at radius 3 is 2.55 bits per heavy atom. The molecule has 0 spiro atoms. The topological polar surface area (TPSA) is 63.4 Å². The first kappa shape index (κ1) is 15.9. The van der Waals surface area contributed by atoms with Crippen LogP contribution in [0.1, 0.15) is 29.4 Å².